The van der Waals surface area contributed by atoms with Crippen LogP contribution in [0.5, 0.6) is 0 Å². The normalized spacial score (nSPS) is 26.9. The molecule has 2 atom stereocenters. The molecule has 1 aliphatic heterocycles. The summed E-state index contributed by atoms with van der Waals surface area (Å²) in [6.07, 6.45) is 3.10. The average molecular weight is 219 g/mol. The highest BCUT2D eigenvalue weighted by atomic mass is 15.1. The molecule has 0 radical (unpaired) electrons. The van der Waals surface area contributed by atoms with Crippen LogP contribution in [0.2, 0.25) is 0 Å². The molecule has 0 saturated carbocycles. The summed E-state index contributed by atoms with van der Waals surface area (Å²) in [7, 11) is 0. The molecule has 1 aromatic heterocycles. The van der Waals surface area contributed by atoms with Crippen molar-refractivity contribution in [3.63, 3.8) is 0 Å². The van der Waals surface area contributed by atoms with E-state index in [9.17, 15) is 0 Å². The SMILES string of the molecule is CC1CC(C)CN(Cc2ccc(N)cn2)C1. The minimum atomic E-state index is 0.740. The molecule has 0 bridgehead atoms. The largest absolute Gasteiger partial charge is 0.397 e. The van der Waals surface area contributed by atoms with Crippen LogP contribution in [-0.4, -0.2) is 23.0 Å². The monoisotopic (exact) mass is 219 g/mol. The van der Waals surface area contributed by atoms with Crippen molar-refractivity contribution in [2.75, 3.05) is 18.8 Å². The van der Waals surface area contributed by atoms with Crippen LogP contribution in [0.15, 0.2) is 18.3 Å². The lowest BCUT2D eigenvalue weighted by atomic mass is 9.92. The van der Waals surface area contributed by atoms with Crippen molar-refractivity contribution in [2.24, 2.45) is 11.8 Å². The van der Waals surface area contributed by atoms with Gasteiger partial charge in [-0.3, -0.25) is 9.88 Å². The smallest absolute Gasteiger partial charge is 0.0545 e. The van der Waals surface area contributed by atoms with Crippen molar-refractivity contribution in [1.29, 1.82) is 0 Å². The first-order valence-corrected chi connectivity index (χ1v) is 6.06. The van der Waals surface area contributed by atoms with Gasteiger partial charge in [-0.2, -0.15) is 0 Å². The summed E-state index contributed by atoms with van der Waals surface area (Å²) in [6, 6.07) is 3.96. The van der Waals surface area contributed by atoms with Crippen LogP contribution in [0.1, 0.15) is 26.0 Å². The molecule has 2 unspecified atom stereocenters. The molecule has 0 spiro atoms. The third-order valence-corrected chi connectivity index (χ3v) is 3.18. The predicted molar refractivity (Wildman–Crippen MR) is 66.9 cm³/mol. The summed E-state index contributed by atoms with van der Waals surface area (Å²) in [5.74, 6) is 1.61. The number of hydrogen-bond acceptors (Lipinski definition) is 3. The molecule has 0 amide bonds. The molecule has 1 aromatic rings. The third kappa shape index (κ3) is 2.95. The van der Waals surface area contributed by atoms with E-state index in [4.69, 9.17) is 5.73 Å². The highest BCUT2D eigenvalue weighted by Crippen LogP contribution is 2.22. The van der Waals surface area contributed by atoms with Gasteiger partial charge in [-0.1, -0.05) is 13.8 Å². The van der Waals surface area contributed by atoms with Crippen LogP contribution in [0.3, 0.4) is 0 Å². The Morgan fingerprint density at radius 3 is 2.56 bits per heavy atom. The van der Waals surface area contributed by atoms with E-state index < -0.39 is 0 Å². The molecule has 0 aromatic carbocycles. The van der Waals surface area contributed by atoms with Gasteiger partial charge in [0.2, 0.25) is 0 Å². The number of rotatable bonds is 2. The molecule has 1 fully saturated rings. The van der Waals surface area contributed by atoms with Gasteiger partial charge in [0.05, 0.1) is 17.6 Å². The highest BCUT2D eigenvalue weighted by Gasteiger charge is 2.21. The molecule has 0 aliphatic carbocycles. The van der Waals surface area contributed by atoms with Gasteiger partial charge in [-0.25, -0.2) is 0 Å². The fraction of sp³-hybridized carbons (Fsp3) is 0.615. The predicted octanol–water partition coefficient (Wildman–Crippen LogP) is 2.14. The van der Waals surface area contributed by atoms with Crippen LogP contribution >= 0.6 is 0 Å². The van der Waals surface area contributed by atoms with Crippen molar-refractivity contribution < 1.29 is 0 Å². The Hall–Kier alpha value is -1.09. The van der Waals surface area contributed by atoms with Gasteiger partial charge in [-0.15, -0.1) is 0 Å². The topological polar surface area (TPSA) is 42.1 Å². The van der Waals surface area contributed by atoms with Gasteiger partial charge in [-0.05, 0) is 30.4 Å². The molecular weight excluding hydrogens is 198 g/mol. The quantitative estimate of drug-likeness (QED) is 0.828. The van der Waals surface area contributed by atoms with Gasteiger partial charge < -0.3 is 5.73 Å². The van der Waals surface area contributed by atoms with Gasteiger partial charge in [0.25, 0.3) is 0 Å². The minimum absolute atomic E-state index is 0.740. The first-order valence-electron chi connectivity index (χ1n) is 6.06. The molecular formula is C13H21N3. The van der Waals surface area contributed by atoms with E-state index >= 15 is 0 Å². The summed E-state index contributed by atoms with van der Waals surface area (Å²) in [4.78, 5) is 6.85. The maximum absolute atomic E-state index is 5.63. The van der Waals surface area contributed by atoms with Crippen LogP contribution in [0.4, 0.5) is 5.69 Å². The first kappa shape index (κ1) is 11.4. The number of anilines is 1. The molecule has 3 heteroatoms. The second-order valence-electron chi connectivity index (χ2n) is 5.22. The number of nitrogens with two attached hydrogens (primary N) is 1. The minimum Gasteiger partial charge on any atom is -0.397 e. The van der Waals surface area contributed by atoms with Crippen LogP contribution in [-0.2, 0) is 6.54 Å². The second kappa shape index (κ2) is 4.83. The average Bonchev–Trinajstić information content (AvgIpc) is 2.20. The molecule has 2 heterocycles. The fourth-order valence-electron chi connectivity index (χ4n) is 2.68. The standard InChI is InChI=1S/C13H21N3/c1-10-5-11(2)8-16(7-10)9-13-4-3-12(14)6-15-13/h3-4,6,10-11H,5,7-9,14H2,1-2H3. The first-order chi connectivity index (χ1) is 7.63. The Morgan fingerprint density at radius 1 is 1.31 bits per heavy atom. The zero-order valence-corrected chi connectivity index (χ0v) is 10.2. The van der Waals surface area contributed by atoms with E-state index in [0.29, 0.717) is 0 Å². The van der Waals surface area contributed by atoms with E-state index in [2.05, 4.69) is 23.7 Å². The van der Waals surface area contributed by atoms with E-state index in [1.165, 1.54) is 19.5 Å². The van der Waals surface area contributed by atoms with Crippen molar-refractivity contribution in [3.8, 4) is 0 Å². The molecule has 3 nitrogen and oxygen atoms in total. The number of aromatic nitrogens is 1. The Morgan fingerprint density at radius 2 is 2.00 bits per heavy atom. The molecule has 2 N–H and O–H groups in total. The maximum atomic E-state index is 5.63. The maximum Gasteiger partial charge on any atom is 0.0545 e. The summed E-state index contributed by atoms with van der Waals surface area (Å²) in [6.45, 7) is 8.00. The molecule has 1 aliphatic rings. The van der Waals surface area contributed by atoms with Gasteiger partial charge in [0.15, 0.2) is 0 Å². The van der Waals surface area contributed by atoms with Crippen LogP contribution < -0.4 is 5.73 Å². The zero-order chi connectivity index (χ0) is 11.5. The Kier molecular flexibility index (Phi) is 3.44. The lowest BCUT2D eigenvalue weighted by Crippen LogP contribution is -2.38. The molecule has 88 valence electrons. The lowest BCUT2D eigenvalue weighted by Gasteiger charge is -2.34. The Bertz CT molecular complexity index is 324. The van der Waals surface area contributed by atoms with Crippen LogP contribution in [0, 0.1) is 11.8 Å². The number of likely N-dealkylation sites (tertiary alicyclic amines) is 1. The van der Waals surface area contributed by atoms with Crippen molar-refractivity contribution in [3.05, 3.63) is 24.0 Å². The number of nitrogens with zero attached hydrogens (tertiary/aromatic N) is 2. The summed E-state index contributed by atoms with van der Waals surface area (Å²) < 4.78 is 0. The molecule has 2 rings (SSSR count). The van der Waals surface area contributed by atoms with Crippen molar-refractivity contribution in [2.45, 2.75) is 26.8 Å². The van der Waals surface area contributed by atoms with Crippen molar-refractivity contribution >= 4 is 5.69 Å². The van der Waals surface area contributed by atoms with Crippen molar-refractivity contribution in [1.82, 2.24) is 9.88 Å². The highest BCUT2D eigenvalue weighted by molar-refractivity contribution is 5.34. The van der Waals surface area contributed by atoms with Gasteiger partial charge in [0.1, 0.15) is 0 Å². The molecule has 16 heavy (non-hydrogen) atoms. The third-order valence-electron chi connectivity index (χ3n) is 3.18. The van der Waals surface area contributed by atoms with Gasteiger partial charge in [0, 0.05) is 19.6 Å². The van der Waals surface area contributed by atoms with E-state index in [-0.39, 0.29) is 0 Å². The molecule has 1 saturated heterocycles. The summed E-state index contributed by atoms with van der Waals surface area (Å²) >= 11 is 0. The Labute approximate surface area is 97.7 Å². The summed E-state index contributed by atoms with van der Waals surface area (Å²) in [5, 5.41) is 0. The van der Waals surface area contributed by atoms with Crippen LogP contribution in [0.25, 0.3) is 0 Å². The van der Waals surface area contributed by atoms with E-state index in [1.54, 1.807) is 6.20 Å². The van der Waals surface area contributed by atoms with E-state index in [0.717, 1.165) is 29.8 Å². The summed E-state index contributed by atoms with van der Waals surface area (Å²) in [5.41, 5.74) is 7.49. The number of pyridine rings is 1. The Balaban J connectivity index is 1.96. The lowest BCUT2D eigenvalue weighted by molar-refractivity contribution is 0.133. The second-order valence-corrected chi connectivity index (χ2v) is 5.22. The number of piperidine rings is 1. The van der Waals surface area contributed by atoms with Gasteiger partial charge >= 0.3 is 0 Å². The number of hydrogen-bond donors (Lipinski definition) is 1. The fourth-order valence-corrected chi connectivity index (χ4v) is 2.68. The number of nitrogen functional groups attached to an aromatic ring is 1. The van der Waals surface area contributed by atoms with E-state index in [1.807, 2.05) is 12.1 Å². The zero-order valence-electron chi connectivity index (χ0n) is 10.2.